The third kappa shape index (κ3) is 2.65. The van der Waals surface area contributed by atoms with E-state index in [0.717, 1.165) is 47.2 Å². The van der Waals surface area contributed by atoms with Crippen molar-refractivity contribution in [3.63, 3.8) is 0 Å². The quantitative estimate of drug-likeness (QED) is 0.676. The standard InChI is InChI=1S/C18H16BrN3OS/c1-9-4-10(2)20-12(9)7-15-16(23-3)8-14(21-15)13-5-11-6-17(19)24-18(11)22-13/h4-8,20-21H,1-3H3/b14-13?,15-7-. The zero-order chi connectivity index (χ0) is 16.8. The molecule has 3 aromatic heterocycles. The van der Waals surface area contributed by atoms with Crippen molar-refractivity contribution in [2.24, 2.45) is 4.99 Å². The van der Waals surface area contributed by atoms with Gasteiger partial charge < -0.3 is 14.7 Å². The fourth-order valence-corrected chi connectivity index (χ4v) is 4.35. The molecule has 0 aromatic carbocycles. The summed E-state index contributed by atoms with van der Waals surface area (Å²) in [6.07, 6.45) is 4.17. The summed E-state index contributed by atoms with van der Waals surface area (Å²) in [7, 11) is 1.69. The number of thiophene rings is 1. The van der Waals surface area contributed by atoms with Gasteiger partial charge in [-0.15, -0.1) is 11.3 Å². The molecule has 0 spiro atoms. The van der Waals surface area contributed by atoms with Crippen molar-refractivity contribution in [1.82, 2.24) is 9.97 Å². The number of aromatic nitrogens is 2. The molecule has 1 aliphatic rings. The Morgan fingerprint density at radius 3 is 2.71 bits per heavy atom. The molecule has 0 saturated heterocycles. The van der Waals surface area contributed by atoms with Crippen LogP contribution in [0, 0.1) is 13.8 Å². The largest absolute Gasteiger partial charge is 0.494 e. The first-order valence-electron chi connectivity index (χ1n) is 7.54. The molecule has 0 atom stereocenters. The van der Waals surface area contributed by atoms with Crippen LogP contribution in [0.2, 0.25) is 0 Å². The molecular weight excluding hydrogens is 386 g/mol. The van der Waals surface area contributed by atoms with Gasteiger partial charge in [0.1, 0.15) is 10.4 Å². The Labute approximate surface area is 151 Å². The highest BCUT2D eigenvalue weighted by Crippen LogP contribution is 2.13. The van der Waals surface area contributed by atoms with Crippen LogP contribution in [0.25, 0.3) is 17.8 Å². The van der Waals surface area contributed by atoms with Crippen molar-refractivity contribution in [3.8, 4) is 5.75 Å². The van der Waals surface area contributed by atoms with Crippen LogP contribution in [0.5, 0.6) is 5.75 Å². The van der Waals surface area contributed by atoms with Gasteiger partial charge in [-0.05, 0) is 59.6 Å². The lowest BCUT2D eigenvalue weighted by Gasteiger charge is -1.94. The summed E-state index contributed by atoms with van der Waals surface area (Å²) in [6.45, 7) is 4.15. The molecule has 6 heteroatoms. The van der Waals surface area contributed by atoms with Gasteiger partial charge in [-0.1, -0.05) is 0 Å². The molecule has 2 N–H and O–H groups in total. The zero-order valence-corrected chi connectivity index (χ0v) is 15.9. The van der Waals surface area contributed by atoms with Gasteiger partial charge in [-0.2, -0.15) is 0 Å². The van der Waals surface area contributed by atoms with E-state index in [2.05, 4.69) is 64.0 Å². The summed E-state index contributed by atoms with van der Waals surface area (Å²) in [4.78, 5) is 11.5. The Morgan fingerprint density at radius 2 is 2.04 bits per heavy atom. The maximum absolute atomic E-state index is 5.53. The summed E-state index contributed by atoms with van der Waals surface area (Å²) < 4.78 is 7.67. The van der Waals surface area contributed by atoms with E-state index in [4.69, 9.17) is 9.73 Å². The smallest absolute Gasteiger partial charge is 0.144 e. The monoisotopic (exact) mass is 401 g/mol. The minimum Gasteiger partial charge on any atom is -0.494 e. The summed E-state index contributed by atoms with van der Waals surface area (Å²) in [6, 6.07) is 6.22. The first-order valence-corrected chi connectivity index (χ1v) is 9.15. The summed E-state index contributed by atoms with van der Waals surface area (Å²) in [5.74, 6) is 0.809. The van der Waals surface area contributed by atoms with E-state index in [1.165, 1.54) is 5.56 Å². The molecule has 4 heterocycles. The molecule has 4 nitrogen and oxygen atoms in total. The van der Waals surface area contributed by atoms with Gasteiger partial charge in [0.05, 0.1) is 27.3 Å². The van der Waals surface area contributed by atoms with Crippen LogP contribution in [0.3, 0.4) is 0 Å². The van der Waals surface area contributed by atoms with Crippen LogP contribution in [0.1, 0.15) is 17.0 Å². The number of hydrogen-bond acceptors (Lipinski definition) is 3. The van der Waals surface area contributed by atoms with Gasteiger partial charge >= 0.3 is 0 Å². The van der Waals surface area contributed by atoms with Gasteiger partial charge in [0, 0.05) is 22.7 Å². The minimum absolute atomic E-state index is 0.809. The number of H-pyrrole nitrogens is 2. The predicted molar refractivity (Wildman–Crippen MR) is 101 cm³/mol. The number of aromatic amines is 2. The van der Waals surface area contributed by atoms with Gasteiger partial charge in [-0.25, -0.2) is 4.99 Å². The molecule has 0 unspecified atom stereocenters. The van der Waals surface area contributed by atoms with Crippen LogP contribution < -0.4 is 25.3 Å². The maximum Gasteiger partial charge on any atom is 0.144 e. The summed E-state index contributed by atoms with van der Waals surface area (Å²) in [5, 5.41) is 3.04. The van der Waals surface area contributed by atoms with Crippen LogP contribution in [-0.4, -0.2) is 17.1 Å². The number of methoxy groups -OCH3 is 1. The zero-order valence-electron chi connectivity index (χ0n) is 13.5. The second-order valence-corrected chi connectivity index (χ2v) is 8.22. The molecule has 4 rings (SSSR count). The van der Waals surface area contributed by atoms with Crippen LogP contribution in [0.15, 0.2) is 27.0 Å². The van der Waals surface area contributed by atoms with Crippen LogP contribution in [-0.2, 0) is 0 Å². The van der Waals surface area contributed by atoms with Crippen LogP contribution in [0.4, 0.5) is 0 Å². The topological polar surface area (TPSA) is 53.2 Å². The molecule has 0 saturated carbocycles. The fourth-order valence-electron chi connectivity index (χ4n) is 2.89. The number of rotatable bonds is 2. The molecule has 122 valence electrons. The number of halogens is 1. The van der Waals surface area contributed by atoms with Gasteiger partial charge in [0.25, 0.3) is 0 Å². The SMILES string of the molecule is COc1cc(=C2C=c3cc(Br)sc3=N2)[nH]/c1=C\c1[nH]c(C)cc1C. The first kappa shape index (κ1) is 15.5. The first-order chi connectivity index (χ1) is 11.5. The van der Waals surface area contributed by atoms with Gasteiger partial charge in [0.15, 0.2) is 0 Å². The highest BCUT2D eigenvalue weighted by molar-refractivity contribution is 9.11. The van der Waals surface area contributed by atoms with Crippen molar-refractivity contribution in [2.45, 2.75) is 13.8 Å². The van der Waals surface area contributed by atoms with Crippen molar-refractivity contribution >= 4 is 45.1 Å². The molecule has 0 radical (unpaired) electrons. The molecule has 1 aliphatic heterocycles. The van der Waals surface area contributed by atoms with E-state index in [1.807, 2.05) is 6.07 Å². The lowest BCUT2D eigenvalue weighted by Crippen LogP contribution is -2.12. The van der Waals surface area contributed by atoms with E-state index in [0.29, 0.717) is 0 Å². The number of nitrogens with one attached hydrogen (secondary N) is 2. The molecule has 0 bridgehead atoms. The number of fused-ring (bicyclic) bond motifs is 1. The van der Waals surface area contributed by atoms with Crippen molar-refractivity contribution < 1.29 is 4.74 Å². The van der Waals surface area contributed by atoms with Gasteiger partial charge in [-0.3, -0.25) is 0 Å². The number of aryl methyl sites for hydroxylation is 2. The fraction of sp³-hybridized carbons (Fsp3) is 0.167. The highest BCUT2D eigenvalue weighted by Gasteiger charge is 2.08. The number of nitrogens with zero attached hydrogens (tertiary/aromatic N) is 1. The Balaban J connectivity index is 1.90. The summed E-state index contributed by atoms with van der Waals surface area (Å²) >= 11 is 5.14. The normalized spacial score (nSPS) is 16.1. The Hall–Kier alpha value is -2.05. The third-order valence-electron chi connectivity index (χ3n) is 4.01. The third-order valence-corrected chi connectivity index (χ3v) is 5.56. The van der Waals surface area contributed by atoms with E-state index in [1.54, 1.807) is 18.4 Å². The van der Waals surface area contributed by atoms with E-state index < -0.39 is 0 Å². The molecule has 0 amide bonds. The minimum atomic E-state index is 0.809. The lowest BCUT2D eigenvalue weighted by atomic mass is 10.2. The van der Waals surface area contributed by atoms with Crippen molar-refractivity contribution in [3.05, 3.63) is 59.5 Å². The highest BCUT2D eigenvalue weighted by atomic mass is 79.9. The maximum atomic E-state index is 5.53. The van der Waals surface area contributed by atoms with Crippen molar-refractivity contribution in [2.75, 3.05) is 7.11 Å². The molecule has 0 fully saturated rings. The summed E-state index contributed by atoms with van der Waals surface area (Å²) in [5.41, 5.74) is 4.37. The Bertz CT molecular complexity index is 1140. The average molecular weight is 402 g/mol. The van der Waals surface area contributed by atoms with Crippen molar-refractivity contribution in [1.29, 1.82) is 0 Å². The number of hydrogen-bond donors (Lipinski definition) is 2. The average Bonchev–Trinajstić information content (AvgIpc) is 3.23. The molecular formula is C18H16BrN3OS. The van der Waals surface area contributed by atoms with E-state index in [-0.39, 0.29) is 0 Å². The van der Waals surface area contributed by atoms with Gasteiger partial charge in [0.2, 0.25) is 0 Å². The van der Waals surface area contributed by atoms with E-state index >= 15 is 0 Å². The number of ether oxygens (including phenoxy) is 1. The second kappa shape index (κ2) is 5.79. The Morgan fingerprint density at radius 1 is 1.21 bits per heavy atom. The Kier molecular flexibility index (Phi) is 3.73. The molecule has 24 heavy (non-hydrogen) atoms. The van der Waals surface area contributed by atoms with E-state index in [9.17, 15) is 0 Å². The second-order valence-electron chi connectivity index (χ2n) is 5.81. The molecule has 0 aliphatic carbocycles. The van der Waals surface area contributed by atoms with Crippen LogP contribution >= 0.6 is 27.3 Å². The molecule has 3 aromatic rings. The lowest BCUT2D eigenvalue weighted by molar-refractivity contribution is 0.412. The predicted octanol–water partition coefficient (Wildman–Crippen LogP) is 1.84.